The van der Waals surface area contributed by atoms with Crippen molar-refractivity contribution in [2.45, 2.75) is 90.4 Å². The van der Waals surface area contributed by atoms with E-state index in [0.717, 1.165) is 29.2 Å². The summed E-state index contributed by atoms with van der Waals surface area (Å²) in [5, 5.41) is 9.00. The quantitative estimate of drug-likeness (QED) is 0.488. The van der Waals surface area contributed by atoms with Gasteiger partial charge in [-0.2, -0.15) is 5.26 Å². The molecule has 2 saturated carbocycles. The van der Waals surface area contributed by atoms with E-state index < -0.39 is 0 Å². The van der Waals surface area contributed by atoms with Gasteiger partial charge >= 0.3 is 0 Å². The molecule has 1 heteroatoms. The topological polar surface area (TPSA) is 23.8 Å². The average Bonchev–Trinajstić information content (AvgIpc) is 2.69. The summed E-state index contributed by atoms with van der Waals surface area (Å²) >= 11 is 0. The zero-order chi connectivity index (χ0) is 18.4. The van der Waals surface area contributed by atoms with Crippen molar-refractivity contribution in [1.82, 2.24) is 0 Å². The molecule has 0 spiro atoms. The van der Waals surface area contributed by atoms with Crippen LogP contribution in [0.4, 0.5) is 0 Å². The molecule has 26 heavy (non-hydrogen) atoms. The maximum atomic E-state index is 9.00. The molecule has 0 aliphatic heterocycles. The number of benzene rings is 1. The van der Waals surface area contributed by atoms with Crippen LogP contribution >= 0.6 is 0 Å². The summed E-state index contributed by atoms with van der Waals surface area (Å²) in [6, 6.07) is 10.6. The highest BCUT2D eigenvalue weighted by Crippen LogP contribution is 2.46. The number of nitriles is 1. The van der Waals surface area contributed by atoms with Crippen molar-refractivity contribution in [3.05, 3.63) is 35.4 Å². The smallest absolute Gasteiger partial charge is 0.0991 e. The van der Waals surface area contributed by atoms with Gasteiger partial charge in [0, 0.05) is 0 Å². The van der Waals surface area contributed by atoms with E-state index in [1.54, 1.807) is 0 Å². The second-order valence-corrected chi connectivity index (χ2v) is 9.17. The van der Waals surface area contributed by atoms with Gasteiger partial charge in [-0.25, -0.2) is 0 Å². The number of rotatable bonds is 6. The van der Waals surface area contributed by atoms with Crippen LogP contribution in [0.5, 0.6) is 0 Å². The molecule has 3 atom stereocenters. The third-order valence-corrected chi connectivity index (χ3v) is 7.45. The number of nitrogens with zero attached hydrogens (tertiary/aromatic N) is 1. The maximum absolute atomic E-state index is 9.00. The normalized spacial score (nSPS) is 32.1. The van der Waals surface area contributed by atoms with Crippen molar-refractivity contribution in [1.29, 1.82) is 5.26 Å². The molecule has 0 N–H and O–H groups in total. The van der Waals surface area contributed by atoms with E-state index in [1.807, 2.05) is 12.1 Å². The first-order chi connectivity index (χ1) is 12.7. The Balaban J connectivity index is 1.47. The van der Waals surface area contributed by atoms with Crippen molar-refractivity contribution in [2.75, 3.05) is 0 Å². The first-order valence-electron chi connectivity index (χ1n) is 11.2. The van der Waals surface area contributed by atoms with Gasteiger partial charge in [0.2, 0.25) is 0 Å². The zero-order valence-electron chi connectivity index (χ0n) is 16.9. The van der Waals surface area contributed by atoms with Crippen molar-refractivity contribution in [2.24, 2.45) is 23.7 Å². The minimum atomic E-state index is 0.698. The summed E-state index contributed by atoms with van der Waals surface area (Å²) in [7, 11) is 0. The van der Waals surface area contributed by atoms with E-state index in [4.69, 9.17) is 5.26 Å². The average molecular weight is 352 g/mol. The van der Waals surface area contributed by atoms with Gasteiger partial charge in [0.05, 0.1) is 11.6 Å². The van der Waals surface area contributed by atoms with Gasteiger partial charge in [-0.3, -0.25) is 0 Å². The van der Waals surface area contributed by atoms with E-state index in [2.05, 4.69) is 32.0 Å². The first kappa shape index (κ1) is 19.5. The summed E-state index contributed by atoms with van der Waals surface area (Å²) < 4.78 is 0. The molecule has 0 saturated heterocycles. The highest BCUT2D eigenvalue weighted by molar-refractivity contribution is 5.33. The van der Waals surface area contributed by atoms with Crippen LogP contribution < -0.4 is 0 Å². The third-order valence-electron chi connectivity index (χ3n) is 7.45. The Hall–Kier alpha value is -1.29. The van der Waals surface area contributed by atoms with E-state index >= 15 is 0 Å². The highest BCUT2D eigenvalue weighted by atomic mass is 14.4. The molecule has 0 amide bonds. The SMILES string of the molecule is CCCCC[C@H]1CC[C@H](C2CCC(c3ccc(C#N)cc3)C(C)C2)CC1. The van der Waals surface area contributed by atoms with Crippen LogP contribution in [-0.2, 0) is 0 Å². The Morgan fingerprint density at radius 1 is 0.923 bits per heavy atom. The number of hydrogen-bond acceptors (Lipinski definition) is 1. The van der Waals surface area contributed by atoms with Gasteiger partial charge in [0.1, 0.15) is 0 Å². The number of hydrogen-bond donors (Lipinski definition) is 0. The van der Waals surface area contributed by atoms with Crippen molar-refractivity contribution < 1.29 is 0 Å². The van der Waals surface area contributed by atoms with Crippen LogP contribution in [-0.4, -0.2) is 0 Å². The maximum Gasteiger partial charge on any atom is 0.0991 e. The Morgan fingerprint density at radius 3 is 2.23 bits per heavy atom. The number of unbranched alkanes of at least 4 members (excludes halogenated alkanes) is 2. The fraction of sp³-hybridized carbons (Fsp3) is 0.720. The lowest BCUT2D eigenvalue weighted by atomic mass is 9.65. The van der Waals surface area contributed by atoms with E-state index in [-0.39, 0.29) is 0 Å². The lowest BCUT2D eigenvalue weighted by Crippen LogP contribution is -2.29. The van der Waals surface area contributed by atoms with Gasteiger partial charge in [0.25, 0.3) is 0 Å². The molecule has 0 aromatic heterocycles. The lowest BCUT2D eigenvalue weighted by molar-refractivity contribution is 0.130. The van der Waals surface area contributed by atoms with Crippen molar-refractivity contribution >= 4 is 0 Å². The molecule has 3 unspecified atom stereocenters. The molecule has 2 fully saturated rings. The van der Waals surface area contributed by atoms with Crippen LogP contribution in [0.25, 0.3) is 0 Å². The highest BCUT2D eigenvalue weighted by Gasteiger charge is 2.34. The second kappa shape index (κ2) is 9.59. The lowest BCUT2D eigenvalue weighted by Gasteiger charge is -2.41. The Labute approximate surface area is 161 Å². The predicted octanol–water partition coefficient (Wildman–Crippen LogP) is 7.46. The largest absolute Gasteiger partial charge is 0.192 e. The molecule has 0 heterocycles. The van der Waals surface area contributed by atoms with E-state index in [9.17, 15) is 0 Å². The van der Waals surface area contributed by atoms with E-state index in [0.29, 0.717) is 5.92 Å². The standard InChI is InChI=1S/C25H37N/c1-3-4-5-6-20-7-11-22(12-8-20)24-15-16-25(19(2)17-24)23-13-9-21(18-26)10-14-23/h9-10,13-14,19-20,22,24-25H,3-8,11-12,15-17H2,1-2H3/t19?,20-,22-,24?,25?. The van der Waals surface area contributed by atoms with Crippen LogP contribution in [0.3, 0.4) is 0 Å². The van der Waals surface area contributed by atoms with Crippen molar-refractivity contribution in [3.63, 3.8) is 0 Å². The molecule has 1 aromatic carbocycles. The van der Waals surface area contributed by atoms with Crippen molar-refractivity contribution in [3.8, 4) is 6.07 Å². The van der Waals surface area contributed by atoms with Crippen LogP contribution in [0, 0.1) is 35.0 Å². The Kier molecular flexibility index (Phi) is 7.18. The predicted molar refractivity (Wildman–Crippen MR) is 110 cm³/mol. The fourth-order valence-electron chi connectivity index (χ4n) is 5.80. The zero-order valence-corrected chi connectivity index (χ0v) is 16.9. The summed E-state index contributed by atoms with van der Waals surface area (Å²) in [5.41, 5.74) is 2.24. The molecule has 142 valence electrons. The summed E-state index contributed by atoms with van der Waals surface area (Å²) in [4.78, 5) is 0. The molecule has 0 bridgehead atoms. The third kappa shape index (κ3) is 4.91. The fourth-order valence-corrected chi connectivity index (χ4v) is 5.80. The first-order valence-corrected chi connectivity index (χ1v) is 11.2. The molecule has 2 aliphatic rings. The molecular weight excluding hydrogens is 314 g/mol. The van der Waals surface area contributed by atoms with Gasteiger partial charge in [-0.05, 0) is 79.4 Å². The molecule has 2 aliphatic carbocycles. The summed E-state index contributed by atoms with van der Waals surface area (Å²) in [6.07, 6.45) is 15.9. The minimum absolute atomic E-state index is 0.698. The van der Waals surface area contributed by atoms with Gasteiger partial charge in [0.15, 0.2) is 0 Å². The van der Waals surface area contributed by atoms with Gasteiger partial charge in [-0.1, -0.05) is 64.5 Å². The molecule has 0 radical (unpaired) electrons. The minimum Gasteiger partial charge on any atom is -0.192 e. The molecule has 1 nitrogen and oxygen atoms in total. The van der Waals surface area contributed by atoms with Crippen LogP contribution in [0.15, 0.2) is 24.3 Å². The summed E-state index contributed by atoms with van der Waals surface area (Å²) in [6.45, 7) is 4.78. The monoisotopic (exact) mass is 351 g/mol. The second-order valence-electron chi connectivity index (χ2n) is 9.17. The van der Waals surface area contributed by atoms with Gasteiger partial charge in [-0.15, -0.1) is 0 Å². The van der Waals surface area contributed by atoms with Gasteiger partial charge < -0.3 is 0 Å². The van der Waals surface area contributed by atoms with Crippen LogP contribution in [0.1, 0.15) is 102 Å². The van der Waals surface area contributed by atoms with E-state index in [1.165, 1.54) is 76.2 Å². The Morgan fingerprint density at radius 2 is 1.62 bits per heavy atom. The summed E-state index contributed by atoms with van der Waals surface area (Å²) in [5.74, 6) is 4.48. The molecule has 1 aromatic rings. The molecular formula is C25H37N. The van der Waals surface area contributed by atoms with Crippen LogP contribution in [0.2, 0.25) is 0 Å². The Bertz CT molecular complexity index is 573. The molecule has 3 rings (SSSR count).